The summed E-state index contributed by atoms with van der Waals surface area (Å²) in [6.07, 6.45) is 0.452. The Morgan fingerprint density at radius 3 is 3.00 bits per heavy atom. The van der Waals surface area contributed by atoms with Gasteiger partial charge in [0.25, 0.3) is 0 Å². The van der Waals surface area contributed by atoms with Crippen molar-refractivity contribution in [1.82, 2.24) is 4.37 Å². The first-order valence-electron chi connectivity index (χ1n) is 5.71. The van der Waals surface area contributed by atoms with Crippen LogP contribution in [0.4, 0.5) is 5.69 Å². The van der Waals surface area contributed by atoms with Gasteiger partial charge in [0, 0.05) is 18.5 Å². The van der Waals surface area contributed by atoms with E-state index < -0.39 is 5.97 Å². The lowest BCUT2D eigenvalue weighted by Crippen LogP contribution is -2.21. The van der Waals surface area contributed by atoms with Gasteiger partial charge in [-0.25, -0.2) is 4.79 Å². The van der Waals surface area contributed by atoms with Crippen LogP contribution >= 0.6 is 11.5 Å². The second-order valence-electron chi connectivity index (χ2n) is 4.38. The Morgan fingerprint density at radius 1 is 1.50 bits per heavy atom. The quantitative estimate of drug-likeness (QED) is 0.861. The van der Waals surface area contributed by atoms with E-state index in [-0.39, 0.29) is 11.8 Å². The average Bonchev–Trinajstić information content (AvgIpc) is 2.94. The molecule has 0 spiro atoms. The maximum absolute atomic E-state index is 11.1. The highest BCUT2D eigenvalue weighted by Gasteiger charge is 2.23. The molecule has 0 unspecified atom stereocenters. The summed E-state index contributed by atoms with van der Waals surface area (Å²) in [7, 11) is 0. The predicted octanol–water partition coefficient (Wildman–Crippen LogP) is 1.57. The Balaban J connectivity index is 2.10. The van der Waals surface area contributed by atoms with Gasteiger partial charge in [0.05, 0.1) is 16.5 Å². The molecule has 2 aromatic rings. The minimum atomic E-state index is -1.00. The number of nitrogens with zero attached hydrogens (tertiary/aromatic N) is 2. The molecule has 2 N–H and O–H groups in total. The van der Waals surface area contributed by atoms with E-state index in [4.69, 9.17) is 5.11 Å². The van der Waals surface area contributed by atoms with Crippen molar-refractivity contribution in [3.05, 3.63) is 23.9 Å². The molecule has 1 aromatic heterocycles. The summed E-state index contributed by atoms with van der Waals surface area (Å²) >= 11 is 1.20. The number of carbonyl (C=O) groups is 1. The van der Waals surface area contributed by atoms with E-state index in [1.165, 1.54) is 11.5 Å². The molecule has 1 saturated heterocycles. The third-order valence-electron chi connectivity index (χ3n) is 3.18. The van der Waals surface area contributed by atoms with Gasteiger partial charge >= 0.3 is 5.97 Å². The monoisotopic (exact) mass is 264 g/mol. The van der Waals surface area contributed by atoms with Gasteiger partial charge in [-0.3, -0.25) is 0 Å². The van der Waals surface area contributed by atoms with E-state index in [9.17, 15) is 9.90 Å². The molecule has 1 aromatic carbocycles. The fraction of sp³-hybridized carbons (Fsp3) is 0.333. The van der Waals surface area contributed by atoms with E-state index in [1.807, 2.05) is 12.1 Å². The minimum Gasteiger partial charge on any atom is -0.476 e. The Morgan fingerprint density at radius 2 is 2.33 bits per heavy atom. The Kier molecular flexibility index (Phi) is 2.68. The lowest BCUT2D eigenvalue weighted by molar-refractivity contribution is 0.0694. The second kappa shape index (κ2) is 4.22. The summed E-state index contributed by atoms with van der Waals surface area (Å²) in [4.78, 5) is 13.1. The molecule has 1 aliphatic rings. The van der Waals surface area contributed by atoms with E-state index in [1.54, 1.807) is 6.07 Å². The summed E-state index contributed by atoms with van der Waals surface area (Å²) in [5, 5.41) is 19.3. The van der Waals surface area contributed by atoms with Gasteiger partial charge in [0.15, 0.2) is 5.69 Å². The molecule has 0 bridgehead atoms. The maximum Gasteiger partial charge on any atom is 0.356 e. The molecular formula is C12H12N2O3S. The van der Waals surface area contributed by atoms with Gasteiger partial charge in [-0.15, -0.1) is 0 Å². The number of fused-ring (bicyclic) bond motifs is 1. The molecule has 0 radical (unpaired) electrons. The molecular weight excluding hydrogens is 252 g/mol. The summed E-state index contributed by atoms with van der Waals surface area (Å²) in [5.41, 5.74) is 1.07. The number of aliphatic hydroxyl groups excluding tert-OH is 1. The van der Waals surface area contributed by atoms with Crippen LogP contribution < -0.4 is 4.90 Å². The highest BCUT2D eigenvalue weighted by atomic mass is 32.1. The molecule has 1 aliphatic heterocycles. The molecule has 6 heteroatoms. The maximum atomic E-state index is 11.1. The van der Waals surface area contributed by atoms with E-state index >= 15 is 0 Å². The molecule has 3 rings (SSSR count). The SMILES string of the molecule is O=C(O)c1nsc2c(N3CC[C@@H](O)C3)cccc12. The third-order valence-corrected chi connectivity index (χ3v) is 4.07. The van der Waals surface area contributed by atoms with E-state index in [2.05, 4.69) is 9.27 Å². The molecule has 0 aliphatic carbocycles. The molecule has 18 heavy (non-hydrogen) atoms. The molecule has 2 heterocycles. The minimum absolute atomic E-state index is 0.108. The fourth-order valence-electron chi connectivity index (χ4n) is 2.31. The zero-order valence-corrected chi connectivity index (χ0v) is 10.4. The lowest BCUT2D eigenvalue weighted by atomic mass is 10.2. The van der Waals surface area contributed by atoms with Crippen molar-refractivity contribution >= 4 is 33.3 Å². The summed E-state index contributed by atoms with van der Waals surface area (Å²) < 4.78 is 4.88. The molecule has 5 nitrogen and oxygen atoms in total. The molecule has 1 fully saturated rings. The van der Waals surface area contributed by atoms with E-state index in [0.717, 1.165) is 23.4 Å². The standard InChI is InChI=1S/C12H12N2O3S/c15-7-4-5-14(6-7)9-3-1-2-8-10(12(16)17)13-18-11(8)9/h1-3,7,15H,4-6H2,(H,16,17)/t7-/m1/s1. The van der Waals surface area contributed by atoms with Crippen molar-refractivity contribution in [2.45, 2.75) is 12.5 Å². The van der Waals surface area contributed by atoms with Gasteiger partial charge < -0.3 is 15.1 Å². The molecule has 1 atom stereocenters. The van der Waals surface area contributed by atoms with Gasteiger partial charge in [-0.05, 0) is 24.0 Å². The number of aliphatic hydroxyl groups is 1. The molecule has 0 amide bonds. The smallest absolute Gasteiger partial charge is 0.356 e. The van der Waals surface area contributed by atoms with Crippen LogP contribution in [0.15, 0.2) is 18.2 Å². The third kappa shape index (κ3) is 1.74. The van der Waals surface area contributed by atoms with Gasteiger partial charge in [0.2, 0.25) is 0 Å². The lowest BCUT2D eigenvalue weighted by Gasteiger charge is -2.18. The normalized spacial score (nSPS) is 19.6. The Bertz CT molecular complexity index is 610. The van der Waals surface area contributed by atoms with Crippen molar-refractivity contribution in [2.75, 3.05) is 18.0 Å². The highest BCUT2D eigenvalue weighted by molar-refractivity contribution is 7.14. The Hall–Kier alpha value is -1.66. The number of aromatic carboxylic acids is 1. The van der Waals surface area contributed by atoms with Crippen LogP contribution in [0.2, 0.25) is 0 Å². The number of carboxylic acid groups (broad SMARTS) is 1. The second-order valence-corrected chi connectivity index (χ2v) is 5.15. The van der Waals surface area contributed by atoms with Crippen LogP contribution in [-0.2, 0) is 0 Å². The average molecular weight is 264 g/mol. The number of hydrogen-bond donors (Lipinski definition) is 2. The first kappa shape index (κ1) is 11.4. The first-order chi connectivity index (χ1) is 8.66. The van der Waals surface area contributed by atoms with E-state index in [0.29, 0.717) is 11.9 Å². The number of aromatic nitrogens is 1. The van der Waals surface area contributed by atoms with Crippen molar-refractivity contribution in [2.24, 2.45) is 0 Å². The topological polar surface area (TPSA) is 73.7 Å². The number of hydrogen-bond acceptors (Lipinski definition) is 5. The van der Waals surface area contributed by atoms with Gasteiger partial charge in [-0.2, -0.15) is 4.37 Å². The Labute approximate surface area is 107 Å². The predicted molar refractivity (Wildman–Crippen MR) is 69.4 cm³/mol. The number of rotatable bonds is 2. The van der Waals surface area contributed by atoms with Crippen molar-refractivity contribution in [3.63, 3.8) is 0 Å². The van der Waals surface area contributed by atoms with Crippen molar-refractivity contribution in [1.29, 1.82) is 0 Å². The molecule has 94 valence electrons. The van der Waals surface area contributed by atoms with Crippen LogP contribution in [0.1, 0.15) is 16.9 Å². The first-order valence-corrected chi connectivity index (χ1v) is 6.49. The fourth-order valence-corrected chi connectivity index (χ4v) is 3.22. The van der Waals surface area contributed by atoms with Gasteiger partial charge in [-0.1, -0.05) is 12.1 Å². The van der Waals surface area contributed by atoms with Crippen LogP contribution in [-0.4, -0.2) is 39.7 Å². The number of benzene rings is 1. The molecule has 0 saturated carbocycles. The zero-order valence-electron chi connectivity index (χ0n) is 9.54. The largest absolute Gasteiger partial charge is 0.476 e. The van der Waals surface area contributed by atoms with Crippen LogP contribution in [0.3, 0.4) is 0 Å². The number of anilines is 1. The van der Waals surface area contributed by atoms with Crippen molar-refractivity contribution in [3.8, 4) is 0 Å². The number of β-amino-alcohol motifs (C(OH)–C–C–N with tert-alkyl or cyclic N) is 1. The summed E-state index contributed by atoms with van der Waals surface area (Å²) in [5.74, 6) is -1.00. The summed E-state index contributed by atoms with van der Waals surface area (Å²) in [6, 6.07) is 5.56. The van der Waals surface area contributed by atoms with Crippen LogP contribution in [0.5, 0.6) is 0 Å². The highest BCUT2D eigenvalue weighted by Crippen LogP contribution is 2.34. The zero-order chi connectivity index (χ0) is 12.7. The number of carboxylic acids is 1. The van der Waals surface area contributed by atoms with Gasteiger partial charge in [0.1, 0.15) is 0 Å². The van der Waals surface area contributed by atoms with Crippen LogP contribution in [0, 0.1) is 0 Å². The van der Waals surface area contributed by atoms with Crippen molar-refractivity contribution < 1.29 is 15.0 Å². The van der Waals surface area contributed by atoms with Crippen LogP contribution in [0.25, 0.3) is 10.1 Å². The summed E-state index contributed by atoms with van der Waals surface area (Å²) in [6.45, 7) is 1.39.